The Morgan fingerprint density at radius 3 is 2.38 bits per heavy atom. The van der Waals surface area contributed by atoms with Crippen LogP contribution in [-0.4, -0.2) is 18.2 Å². The summed E-state index contributed by atoms with van der Waals surface area (Å²) in [6.45, 7) is 1.97. The fourth-order valence-corrected chi connectivity index (χ4v) is 3.75. The fourth-order valence-electron chi connectivity index (χ4n) is 2.56. The van der Waals surface area contributed by atoms with Crippen LogP contribution in [0.1, 0.15) is 11.1 Å². The normalized spacial score (nSPS) is 11.4. The Kier molecular flexibility index (Phi) is 4.40. The number of hydrogen-bond donors (Lipinski definition) is 1. The molecule has 1 aromatic heterocycles. The number of aryl methyl sites for hydroxylation is 2. The number of aromatic nitrogens is 2. The molecule has 124 valence electrons. The Morgan fingerprint density at radius 2 is 1.71 bits per heavy atom. The van der Waals surface area contributed by atoms with E-state index in [1.807, 2.05) is 61.5 Å². The van der Waals surface area contributed by atoms with Crippen LogP contribution in [0, 0.1) is 6.92 Å². The van der Waals surface area contributed by atoms with Crippen LogP contribution in [0.2, 0.25) is 0 Å². The molecule has 0 unspecified atom stereocenters. The van der Waals surface area contributed by atoms with Gasteiger partial charge in [-0.05, 0) is 12.5 Å². The van der Waals surface area contributed by atoms with Gasteiger partial charge in [-0.3, -0.25) is 9.40 Å². The average Bonchev–Trinajstić information content (AvgIpc) is 2.90. The van der Waals surface area contributed by atoms with Crippen molar-refractivity contribution in [3.05, 3.63) is 71.9 Å². The van der Waals surface area contributed by atoms with Crippen LogP contribution in [0.4, 0.5) is 5.69 Å². The molecule has 24 heavy (non-hydrogen) atoms. The maximum atomic E-state index is 12.5. The maximum Gasteiger partial charge on any atom is 0.237 e. The van der Waals surface area contributed by atoms with Crippen LogP contribution >= 0.6 is 0 Å². The van der Waals surface area contributed by atoms with Crippen molar-refractivity contribution in [1.29, 1.82) is 0 Å². The minimum absolute atomic E-state index is 0.0730. The van der Waals surface area contributed by atoms with E-state index in [1.54, 1.807) is 11.7 Å². The summed E-state index contributed by atoms with van der Waals surface area (Å²) in [4.78, 5) is 0. The number of nitrogens with zero attached hydrogens (tertiary/aromatic N) is 2. The van der Waals surface area contributed by atoms with Crippen LogP contribution in [-0.2, 0) is 22.8 Å². The van der Waals surface area contributed by atoms with Gasteiger partial charge in [-0.1, -0.05) is 60.2 Å². The van der Waals surface area contributed by atoms with E-state index in [4.69, 9.17) is 0 Å². The van der Waals surface area contributed by atoms with E-state index in [9.17, 15) is 8.42 Å². The van der Waals surface area contributed by atoms with Gasteiger partial charge in [0.25, 0.3) is 0 Å². The van der Waals surface area contributed by atoms with Gasteiger partial charge in [0.15, 0.2) is 0 Å². The molecule has 0 atom stereocenters. The summed E-state index contributed by atoms with van der Waals surface area (Å²) in [6, 6.07) is 17.1. The zero-order valence-corrected chi connectivity index (χ0v) is 14.4. The second-order valence-corrected chi connectivity index (χ2v) is 7.47. The highest BCUT2D eigenvalue weighted by Crippen LogP contribution is 2.28. The molecule has 3 aromatic rings. The SMILES string of the molecule is Cc1ccc(CS(=O)(=O)Nc2cnn(C)c2-c2ccccc2)cc1. The largest absolute Gasteiger partial charge is 0.279 e. The maximum absolute atomic E-state index is 12.5. The van der Waals surface area contributed by atoms with Crippen LogP contribution in [0.15, 0.2) is 60.8 Å². The lowest BCUT2D eigenvalue weighted by Gasteiger charge is -2.10. The Balaban J connectivity index is 1.87. The lowest BCUT2D eigenvalue weighted by atomic mass is 10.1. The number of hydrogen-bond acceptors (Lipinski definition) is 3. The van der Waals surface area contributed by atoms with Gasteiger partial charge >= 0.3 is 0 Å². The first kappa shape index (κ1) is 16.3. The molecule has 0 aliphatic rings. The van der Waals surface area contributed by atoms with E-state index in [0.717, 1.165) is 22.4 Å². The van der Waals surface area contributed by atoms with Crippen LogP contribution in [0.5, 0.6) is 0 Å². The lowest BCUT2D eigenvalue weighted by Crippen LogP contribution is -2.15. The first-order valence-electron chi connectivity index (χ1n) is 7.58. The number of rotatable bonds is 5. The third kappa shape index (κ3) is 3.65. The number of benzene rings is 2. The molecule has 0 spiro atoms. The molecule has 1 N–H and O–H groups in total. The zero-order chi connectivity index (χ0) is 17.2. The highest BCUT2D eigenvalue weighted by atomic mass is 32.2. The van der Waals surface area contributed by atoms with Gasteiger partial charge in [0.1, 0.15) is 0 Å². The Labute approximate surface area is 142 Å². The van der Waals surface area contributed by atoms with Gasteiger partial charge in [-0.25, -0.2) is 8.42 Å². The number of sulfonamides is 1. The van der Waals surface area contributed by atoms with Crippen LogP contribution in [0.3, 0.4) is 0 Å². The summed E-state index contributed by atoms with van der Waals surface area (Å²) in [7, 11) is -1.73. The molecule has 0 bridgehead atoms. The lowest BCUT2D eigenvalue weighted by molar-refractivity contribution is 0.600. The molecule has 3 rings (SSSR count). The van der Waals surface area contributed by atoms with Crippen molar-refractivity contribution in [3.8, 4) is 11.3 Å². The van der Waals surface area contributed by atoms with Crippen molar-refractivity contribution in [2.24, 2.45) is 7.05 Å². The minimum Gasteiger partial charge on any atom is -0.279 e. The number of nitrogens with one attached hydrogen (secondary N) is 1. The Bertz CT molecular complexity index is 930. The molecule has 0 aliphatic carbocycles. The Morgan fingerprint density at radius 1 is 1.04 bits per heavy atom. The summed E-state index contributed by atoms with van der Waals surface area (Å²) < 4.78 is 29.3. The van der Waals surface area contributed by atoms with Crippen molar-refractivity contribution >= 4 is 15.7 Å². The first-order valence-corrected chi connectivity index (χ1v) is 9.23. The molecule has 1 heterocycles. The molecule has 5 nitrogen and oxygen atoms in total. The highest BCUT2D eigenvalue weighted by molar-refractivity contribution is 7.91. The molecule has 2 aromatic carbocycles. The molecule has 0 aliphatic heterocycles. The van der Waals surface area contributed by atoms with E-state index >= 15 is 0 Å². The van der Waals surface area contributed by atoms with Crippen molar-refractivity contribution in [1.82, 2.24) is 9.78 Å². The zero-order valence-electron chi connectivity index (χ0n) is 13.6. The van der Waals surface area contributed by atoms with Crippen LogP contribution in [0.25, 0.3) is 11.3 Å². The second kappa shape index (κ2) is 6.49. The predicted octanol–water partition coefficient (Wildman–Crippen LogP) is 3.34. The smallest absolute Gasteiger partial charge is 0.237 e. The molecule has 6 heteroatoms. The summed E-state index contributed by atoms with van der Waals surface area (Å²) in [5, 5.41) is 4.19. The third-order valence-electron chi connectivity index (χ3n) is 3.73. The van der Waals surface area contributed by atoms with Crippen molar-refractivity contribution < 1.29 is 8.42 Å². The molecular formula is C18H19N3O2S. The first-order chi connectivity index (χ1) is 11.4. The number of anilines is 1. The molecule has 0 saturated carbocycles. The highest BCUT2D eigenvalue weighted by Gasteiger charge is 2.17. The quantitative estimate of drug-likeness (QED) is 0.774. The molecule has 0 amide bonds. The molecular weight excluding hydrogens is 322 g/mol. The molecule has 0 fully saturated rings. The predicted molar refractivity (Wildman–Crippen MR) is 96.1 cm³/mol. The Hall–Kier alpha value is -2.60. The van der Waals surface area contributed by atoms with Gasteiger partial charge in [0, 0.05) is 12.6 Å². The molecule has 0 saturated heterocycles. The molecule has 0 radical (unpaired) electrons. The van der Waals surface area contributed by atoms with Crippen molar-refractivity contribution in [2.45, 2.75) is 12.7 Å². The van der Waals surface area contributed by atoms with Gasteiger partial charge in [-0.15, -0.1) is 0 Å². The van der Waals surface area contributed by atoms with E-state index < -0.39 is 10.0 Å². The summed E-state index contributed by atoms with van der Waals surface area (Å²) in [5.41, 5.74) is 3.98. The van der Waals surface area contributed by atoms with E-state index in [0.29, 0.717) is 5.69 Å². The topological polar surface area (TPSA) is 64.0 Å². The van der Waals surface area contributed by atoms with E-state index in [2.05, 4.69) is 9.82 Å². The van der Waals surface area contributed by atoms with Crippen molar-refractivity contribution in [3.63, 3.8) is 0 Å². The fraction of sp³-hybridized carbons (Fsp3) is 0.167. The van der Waals surface area contributed by atoms with Gasteiger partial charge in [0.2, 0.25) is 10.0 Å². The second-order valence-electron chi connectivity index (χ2n) is 5.74. The van der Waals surface area contributed by atoms with Gasteiger partial charge in [-0.2, -0.15) is 5.10 Å². The van der Waals surface area contributed by atoms with Crippen LogP contribution < -0.4 is 4.72 Å². The summed E-state index contributed by atoms with van der Waals surface area (Å²) in [6.07, 6.45) is 1.54. The van der Waals surface area contributed by atoms with E-state index in [-0.39, 0.29) is 5.75 Å². The minimum atomic E-state index is -3.52. The van der Waals surface area contributed by atoms with Gasteiger partial charge < -0.3 is 0 Å². The monoisotopic (exact) mass is 341 g/mol. The average molecular weight is 341 g/mol. The summed E-state index contributed by atoms with van der Waals surface area (Å²) >= 11 is 0. The van der Waals surface area contributed by atoms with Crippen molar-refractivity contribution in [2.75, 3.05) is 4.72 Å². The van der Waals surface area contributed by atoms with E-state index in [1.165, 1.54) is 6.20 Å². The standard InChI is InChI=1S/C18H19N3O2S/c1-14-8-10-15(11-9-14)13-24(22,23)20-17-12-19-21(2)18(17)16-6-4-3-5-7-16/h3-12,20H,13H2,1-2H3. The third-order valence-corrected chi connectivity index (χ3v) is 4.97. The summed E-state index contributed by atoms with van der Waals surface area (Å²) in [5.74, 6) is -0.0730. The van der Waals surface area contributed by atoms with Gasteiger partial charge in [0.05, 0.1) is 23.3 Å².